The first kappa shape index (κ1) is 16.1. The summed E-state index contributed by atoms with van der Waals surface area (Å²) in [6.45, 7) is 7.28. The number of nitrogens with one attached hydrogen (secondary N) is 1. The van der Waals surface area contributed by atoms with Crippen molar-refractivity contribution >= 4 is 23.2 Å². The maximum Gasteiger partial charge on any atom is 0.252 e. The second-order valence-corrected chi connectivity index (χ2v) is 6.36. The summed E-state index contributed by atoms with van der Waals surface area (Å²) in [6.07, 6.45) is 2.41. The van der Waals surface area contributed by atoms with Crippen LogP contribution in [0.4, 0.5) is 5.69 Å². The third-order valence-corrected chi connectivity index (χ3v) is 4.34. The molecule has 0 aliphatic carbocycles. The van der Waals surface area contributed by atoms with Crippen molar-refractivity contribution in [2.24, 2.45) is 11.7 Å². The van der Waals surface area contributed by atoms with Crippen LogP contribution >= 0.6 is 11.6 Å². The number of primary amides is 1. The summed E-state index contributed by atoms with van der Waals surface area (Å²) in [5.41, 5.74) is 6.79. The maximum absolute atomic E-state index is 11.8. The van der Waals surface area contributed by atoms with E-state index in [4.69, 9.17) is 17.3 Å². The molecule has 5 heteroatoms. The van der Waals surface area contributed by atoms with Gasteiger partial charge in [0.2, 0.25) is 0 Å². The number of rotatable bonds is 5. The van der Waals surface area contributed by atoms with Crippen LogP contribution in [0.2, 0.25) is 5.02 Å². The molecule has 0 aromatic heterocycles. The lowest BCUT2D eigenvalue weighted by Gasteiger charge is -2.35. The zero-order valence-corrected chi connectivity index (χ0v) is 13.5. The molecular formula is C16H24ClN3O. The number of carbonyl (C=O) groups excluding carboxylic acids is 1. The van der Waals surface area contributed by atoms with Crippen LogP contribution in [0, 0.1) is 5.92 Å². The SMILES string of the molecule is CC(C)N(CC1CCCNC1)c1cccc(Cl)c1C(N)=O. The van der Waals surface area contributed by atoms with E-state index in [0.29, 0.717) is 16.5 Å². The number of hydrogen-bond donors (Lipinski definition) is 2. The van der Waals surface area contributed by atoms with Crippen LogP contribution in [0.1, 0.15) is 37.0 Å². The monoisotopic (exact) mass is 309 g/mol. The van der Waals surface area contributed by atoms with Gasteiger partial charge in [-0.1, -0.05) is 17.7 Å². The largest absolute Gasteiger partial charge is 0.368 e. The molecule has 4 nitrogen and oxygen atoms in total. The molecule has 1 unspecified atom stereocenters. The predicted molar refractivity (Wildman–Crippen MR) is 88.0 cm³/mol. The van der Waals surface area contributed by atoms with E-state index in [1.165, 1.54) is 12.8 Å². The molecule has 1 saturated heterocycles. The number of amides is 1. The second kappa shape index (κ2) is 7.14. The Bertz CT molecular complexity index is 498. The third kappa shape index (κ3) is 3.89. The van der Waals surface area contributed by atoms with Crippen molar-refractivity contribution in [1.29, 1.82) is 0 Å². The van der Waals surface area contributed by atoms with Crippen LogP contribution in [0.5, 0.6) is 0 Å². The number of halogens is 1. The Morgan fingerprint density at radius 2 is 2.29 bits per heavy atom. The third-order valence-electron chi connectivity index (χ3n) is 4.02. The van der Waals surface area contributed by atoms with Gasteiger partial charge in [-0.15, -0.1) is 0 Å². The predicted octanol–water partition coefficient (Wildman–Crippen LogP) is 2.65. The van der Waals surface area contributed by atoms with Crippen molar-refractivity contribution in [2.75, 3.05) is 24.5 Å². The lowest BCUT2D eigenvalue weighted by Crippen LogP contribution is -2.42. The van der Waals surface area contributed by atoms with Crippen molar-refractivity contribution < 1.29 is 4.79 Å². The Morgan fingerprint density at radius 1 is 1.52 bits per heavy atom. The quantitative estimate of drug-likeness (QED) is 0.879. The molecule has 116 valence electrons. The van der Waals surface area contributed by atoms with Crippen molar-refractivity contribution in [3.05, 3.63) is 28.8 Å². The van der Waals surface area contributed by atoms with Crippen LogP contribution in [0.15, 0.2) is 18.2 Å². The molecule has 1 aliphatic rings. The van der Waals surface area contributed by atoms with E-state index >= 15 is 0 Å². The van der Waals surface area contributed by atoms with Crippen molar-refractivity contribution in [3.8, 4) is 0 Å². The molecule has 1 aliphatic heterocycles. The molecule has 21 heavy (non-hydrogen) atoms. The van der Waals surface area contributed by atoms with Crippen LogP contribution < -0.4 is 16.0 Å². The number of anilines is 1. The Kier molecular flexibility index (Phi) is 5.48. The van der Waals surface area contributed by atoms with Gasteiger partial charge in [-0.3, -0.25) is 4.79 Å². The molecule has 0 radical (unpaired) electrons. The minimum atomic E-state index is -0.469. The van der Waals surface area contributed by atoms with Gasteiger partial charge >= 0.3 is 0 Å². The molecule has 2 rings (SSSR count). The number of nitrogens with zero attached hydrogens (tertiary/aromatic N) is 1. The Labute approximate surface area is 131 Å². The van der Waals surface area contributed by atoms with Crippen molar-refractivity contribution in [2.45, 2.75) is 32.7 Å². The molecule has 1 aromatic rings. The summed E-state index contributed by atoms with van der Waals surface area (Å²) < 4.78 is 0. The van der Waals surface area contributed by atoms with Gasteiger partial charge in [-0.2, -0.15) is 0 Å². The summed E-state index contributed by atoms with van der Waals surface area (Å²) >= 11 is 6.18. The molecule has 0 saturated carbocycles. The second-order valence-electron chi connectivity index (χ2n) is 5.96. The van der Waals surface area contributed by atoms with Crippen LogP contribution in [0.25, 0.3) is 0 Å². The molecule has 1 aromatic carbocycles. The first-order valence-corrected chi connectivity index (χ1v) is 7.94. The van der Waals surface area contributed by atoms with Gasteiger partial charge < -0.3 is 16.0 Å². The smallest absolute Gasteiger partial charge is 0.252 e. The standard InChI is InChI=1S/C16H24ClN3O/c1-11(2)20(10-12-5-4-8-19-9-12)14-7-3-6-13(17)15(14)16(18)21/h3,6-7,11-12,19H,4-5,8-10H2,1-2H3,(H2,18,21). The molecule has 1 fully saturated rings. The number of carbonyl (C=O) groups is 1. The van der Waals surface area contributed by atoms with E-state index in [2.05, 4.69) is 24.1 Å². The molecule has 1 heterocycles. The van der Waals surface area contributed by atoms with Crippen LogP contribution in [-0.4, -0.2) is 31.6 Å². The van der Waals surface area contributed by atoms with E-state index in [9.17, 15) is 4.79 Å². The summed E-state index contributed by atoms with van der Waals surface area (Å²) in [6, 6.07) is 5.80. The fourth-order valence-corrected chi connectivity index (χ4v) is 3.20. The molecular weight excluding hydrogens is 286 g/mol. The zero-order chi connectivity index (χ0) is 15.4. The zero-order valence-electron chi connectivity index (χ0n) is 12.7. The van der Waals surface area contributed by atoms with E-state index in [1.807, 2.05) is 12.1 Å². The number of nitrogens with two attached hydrogens (primary N) is 1. The average molecular weight is 310 g/mol. The Balaban J connectivity index is 2.29. The van der Waals surface area contributed by atoms with Gasteiger partial charge in [-0.25, -0.2) is 0 Å². The maximum atomic E-state index is 11.8. The van der Waals surface area contributed by atoms with Gasteiger partial charge in [0.1, 0.15) is 0 Å². The highest BCUT2D eigenvalue weighted by molar-refractivity contribution is 6.34. The first-order chi connectivity index (χ1) is 10.0. The fourth-order valence-electron chi connectivity index (χ4n) is 2.94. The summed E-state index contributed by atoms with van der Waals surface area (Å²) in [5.74, 6) is 0.115. The van der Waals surface area contributed by atoms with E-state index in [-0.39, 0.29) is 6.04 Å². The Morgan fingerprint density at radius 3 is 2.86 bits per heavy atom. The molecule has 0 bridgehead atoms. The fraction of sp³-hybridized carbons (Fsp3) is 0.562. The number of piperidine rings is 1. The normalized spacial score (nSPS) is 18.8. The highest BCUT2D eigenvalue weighted by Crippen LogP contribution is 2.30. The van der Waals surface area contributed by atoms with Gasteiger partial charge in [0.15, 0.2) is 0 Å². The molecule has 3 N–H and O–H groups in total. The van der Waals surface area contributed by atoms with Gasteiger partial charge in [-0.05, 0) is 57.8 Å². The Hall–Kier alpha value is -1.26. The van der Waals surface area contributed by atoms with E-state index < -0.39 is 5.91 Å². The minimum absolute atomic E-state index is 0.281. The highest BCUT2D eigenvalue weighted by Gasteiger charge is 2.23. The average Bonchev–Trinajstić information content (AvgIpc) is 2.45. The van der Waals surface area contributed by atoms with Crippen molar-refractivity contribution in [3.63, 3.8) is 0 Å². The topological polar surface area (TPSA) is 58.4 Å². The lowest BCUT2D eigenvalue weighted by molar-refractivity contribution is 0.100. The summed E-state index contributed by atoms with van der Waals surface area (Å²) in [7, 11) is 0. The number of benzene rings is 1. The summed E-state index contributed by atoms with van der Waals surface area (Å²) in [5, 5.41) is 3.86. The van der Waals surface area contributed by atoms with E-state index in [0.717, 1.165) is 25.3 Å². The van der Waals surface area contributed by atoms with Crippen molar-refractivity contribution in [1.82, 2.24) is 5.32 Å². The van der Waals surface area contributed by atoms with Gasteiger partial charge in [0.25, 0.3) is 5.91 Å². The number of hydrogen-bond acceptors (Lipinski definition) is 3. The highest BCUT2D eigenvalue weighted by atomic mass is 35.5. The van der Waals surface area contributed by atoms with Gasteiger partial charge in [0.05, 0.1) is 16.3 Å². The van der Waals surface area contributed by atoms with Crippen LogP contribution in [-0.2, 0) is 0 Å². The lowest BCUT2D eigenvalue weighted by atomic mass is 9.97. The van der Waals surface area contributed by atoms with Gasteiger partial charge in [0, 0.05) is 12.6 Å². The van der Waals surface area contributed by atoms with Crippen LogP contribution in [0.3, 0.4) is 0 Å². The molecule has 1 atom stereocenters. The summed E-state index contributed by atoms with van der Waals surface area (Å²) in [4.78, 5) is 14.0. The minimum Gasteiger partial charge on any atom is -0.368 e. The molecule has 0 spiro atoms. The van der Waals surface area contributed by atoms with E-state index in [1.54, 1.807) is 6.07 Å². The molecule has 1 amide bonds. The first-order valence-electron chi connectivity index (χ1n) is 7.56.